The van der Waals surface area contributed by atoms with E-state index in [9.17, 15) is 4.79 Å². The highest BCUT2D eigenvalue weighted by Gasteiger charge is 2.34. The van der Waals surface area contributed by atoms with Gasteiger partial charge in [-0.15, -0.1) is 0 Å². The quantitative estimate of drug-likeness (QED) is 0.616. The van der Waals surface area contributed by atoms with Crippen LogP contribution >= 0.6 is 0 Å². The minimum atomic E-state index is 0.0749. The molecule has 3 nitrogen and oxygen atoms in total. The fourth-order valence-corrected chi connectivity index (χ4v) is 2.95. The molecule has 1 N–H and O–H groups in total. The summed E-state index contributed by atoms with van der Waals surface area (Å²) in [5.74, 6) is 1.15. The van der Waals surface area contributed by atoms with E-state index in [1.54, 1.807) is 0 Å². The van der Waals surface area contributed by atoms with Crippen LogP contribution in [0.15, 0.2) is 0 Å². The van der Waals surface area contributed by atoms with Crippen molar-refractivity contribution >= 4 is 5.91 Å². The Hall–Kier alpha value is -0.570. The SMILES string of the molecule is CCCCC1NC(C)N(CCCCCCC(C)C)C1=O. The van der Waals surface area contributed by atoms with Gasteiger partial charge in [0.25, 0.3) is 0 Å². The number of hydrogen-bond donors (Lipinski definition) is 1. The Bertz CT molecular complexity index is 278. The van der Waals surface area contributed by atoms with E-state index in [1.807, 2.05) is 4.90 Å². The van der Waals surface area contributed by atoms with Crippen LogP contribution in [0.1, 0.15) is 79.1 Å². The van der Waals surface area contributed by atoms with Crippen LogP contribution < -0.4 is 5.32 Å². The van der Waals surface area contributed by atoms with Crippen molar-refractivity contribution in [2.75, 3.05) is 6.54 Å². The van der Waals surface area contributed by atoms with Crippen molar-refractivity contribution in [2.45, 2.75) is 91.3 Å². The second-order valence-electron chi connectivity index (χ2n) is 6.67. The molecule has 1 aliphatic heterocycles. The van der Waals surface area contributed by atoms with Gasteiger partial charge in [0.05, 0.1) is 12.2 Å². The molecule has 1 amide bonds. The summed E-state index contributed by atoms with van der Waals surface area (Å²) in [5, 5.41) is 3.43. The van der Waals surface area contributed by atoms with Gasteiger partial charge in [-0.2, -0.15) is 0 Å². The van der Waals surface area contributed by atoms with Crippen molar-refractivity contribution in [3.63, 3.8) is 0 Å². The van der Waals surface area contributed by atoms with Crippen molar-refractivity contribution in [2.24, 2.45) is 5.92 Å². The average Bonchev–Trinajstić information content (AvgIpc) is 2.66. The van der Waals surface area contributed by atoms with Gasteiger partial charge in [-0.05, 0) is 25.7 Å². The monoisotopic (exact) mass is 282 g/mol. The molecule has 0 saturated carbocycles. The highest BCUT2D eigenvalue weighted by molar-refractivity contribution is 5.84. The smallest absolute Gasteiger partial charge is 0.241 e. The maximum absolute atomic E-state index is 12.3. The zero-order chi connectivity index (χ0) is 15.0. The number of carbonyl (C=O) groups excluding carboxylic acids is 1. The molecule has 0 radical (unpaired) electrons. The van der Waals surface area contributed by atoms with Crippen LogP contribution in [0.3, 0.4) is 0 Å². The summed E-state index contributed by atoms with van der Waals surface area (Å²) in [4.78, 5) is 14.3. The molecule has 1 heterocycles. The minimum Gasteiger partial charge on any atom is -0.326 e. The first-order valence-corrected chi connectivity index (χ1v) is 8.62. The predicted octanol–water partition coefficient (Wildman–Crippen LogP) is 3.93. The van der Waals surface area contributed by atoms with Gasteiger partial charge in [0, 0.05) is 6.54 Å². The molecule has 0 spiro atoms. The highest BCUT2D eigenvalue weighted by Crippen LogP contribution is 2.17. The zero-order valence-corrected chi connectivity index (χ0v) is 14.0. The number of carbonyl (C=O) groups is 1. The summed E-state index contributed by atoms with van der Waals surface area (Å²) in [6, 6.07) is 0.0749. The van der Waals surface area contributed by atoms with Crippen molar-refractivity contribution < 1.29 is 4.79 Å². The lowest BCUT2D eigenvalue weighted by Gasteiger charge is -2.20. The van der Waals surface area contributed by atoms with Crippen LogP contribution in [-0.2, 0) is 4.79 Å². The first kappa shape index (κ1) is 17.5. The normalized spacial score (nSPS) is 23.1. The Balaban J connectivity index is 2.18. The molecule has 1 aliphatic rings. The summed E-state index contributed by atoms with van der Waals surface area (Å²) < 4.78 is 0. The number of rotatable bonds is 10. The standard InChI is InChI=1S/C17H34N2O/c1-5-6-12-16-17(20)19(15(4)18-16)13-10-8-7-9-11-14(2)3/h14-16,18H,5-13H2,1-4H3. The predicted molar refractivity (Wildman–Crippen MR) is 85.5 cm³/mol. The van der Waals surface area contributed by atoms with Crippen molar-refractivity contribution in [3.05, 3.63) is 0 Å². The lowest BCUT2D eigenvalue weighted by atomic mass is 10.0. The third kappa shape index (κ3) is 5.82. The van der Waals surface area contributed by atoms with E-state index in [0.717, 1.165) is 38.1 Å². The molecule has 1 rings (SSSR count). The number of nitrogens with zero attached hydrogens (tertiary/aromatic N) is 1. The van der Waals surface area contributed by atoms with Gasteiger partial charge in [-0.1, -0.05) is 59.3 Å². The molecule has 0 bridgehead atoms. The van der Waals surface area contributed by atoms with E-state index >= 15 is 0 Å². The third-order valence-corrected chi connectivity index (χ3v) is 4.27. The minimum absolute atomic E-state index is 0.0749. The van der Waals surface area contributed by atoms with Crippen LogP contribution in [0.25, 0.3) is 0 Å². The molecule has 20 heavy (non-hydrogen) atoms. The maximum atomic E-state index is 12.3. The average molecular weight is 282 g/mol. The molecular weight excluding hydrogens is 248 g/mol. The molecule has 0 aliphatic carbocycles. The molecular formula is C17H34N2O. The zero-order valence-electron chi connectivity index (χ0n) is 14.0. The van der Waals surface area contributed by atoms with Crippen molar-refractivity contribution in [1.82, 2.24) is 10.2 Å². The highest BCUT2D eigenvalue weighted by atomic mass is 16.2. The summed E-state index contributed by atoms with van der Waals surface area (Å²) >= 11 is 0. The van der Waals surface area contributed by atoms with Crippen LogP contribution in [0.5, 0.6) is 0 Å². The van der Waals surface area contributed by atoms with Crippen molar-refractivity contribution in [1.29, 1.82) is 0 Å². The number of nitrogens with one attached hydrogen (secondary N) is 1. The molecule has 0 aromatic carbocycles. The number of amides is 1. The van der Waals surface area contributed by atoms with Crippen LogP contribution in [0.2, 0.25) is 0 Å². The fourth-order valence-electron chi connectivity index (χ4n) is 2.95. The van der Waals surface area contributed by atoms with Gasteiger partial charge in [0.1, 0.15) is 0 Å². The number of hydrogen-bond acceptors (Lipinski definition) is 2. The van der Waals surface area contributed by atoms with Crippen LogP contribution in [-0.4, -0.2) is 29.6 Å². The fraction of sp³-hybridized carbons (Fsp3) is 0.941. The van der Waals surface area contributed by atoms with Gasteiger partial charge < -0.3 is 4.90 Å². The second-order valence-corrected chi connectivity index (χ2v) is 6.67. The topological polar surface area (TPSA) is 32.3 Å². The Morgan fingerprint density at radius 3 is 2.50 bits per heavy atom. The summed E-state index contributed by atoms with van der Waals surface area (Å²) in [7, 11) is 0. The van der Waals surface area contributed by atoms with E-state index in [1.165, 1.54) is 25.7 Å². The lowest BCUT2D eigenvalue weighted by molar-refractivity contribution is -0.130. The maximum Gasteiger partial charge on any atom is 0.241 e. The van der Waals surface area contributed by atoms with Crippen molar-refractivity contribution in [3.8, 4) is 0 Å². The van der Waals surface area contributed by atoms with Gasteiger partial charge >= 0.3 is 0 Å². The second kappa shape index (κ2) is 9.38. The van der Waals surface area contributed by atoms with Gasteiger partial charge in [-0.3, -0.25) is 10.1 Å². The molecule has 118 valence electrons. The summed E-state index contributed by atoms with van der Waals surface area (Å²) in [6.07, 6.45) is 9.89. The van der Waals surface area contributed by atoms with E-state index < -0.39 is 0 Å². The molecule has 2 atom stereocenters. The van der Waals surface area contributed by atoms with Gasteiger partial charge in [0.2, 0.25) is 5.91 Å². The Kier molecular flexibility index (Phi) is 8.20. The summed E-state index contributed by atoms with van der Waals surface area (Å²) in [6.45, 7) is 9.79. The molecule has 0 aromatic heterocycles. The third-order valence-electron chi connectivity index (χ3n) is 4.27. The lowest BCUT2D eigenvalue weighted by Crippen LogP contribution is -2.35. The van der Waals surface area contributed by atoms with E-state index in [2.05, 4.69) is 33.0 Å². The number of unbranched alkanes of at least 4 members (excludes halogenated alkanes) is 4. The van der Waals surface area contributed by atoms with E-state index in [-0.39, 0.29) is 12.2 Å². The summed E-state index contributed by atoms with van der Waals surface area (Å²) in [5.41, 5.74) is 0. The molecule has 0 aromatic rings. The first-order valence-electron chi connectivity index (χ1n) is 8.62. The molecule has 3 heteroatoms. The Morgan fingerprint density at radius 2 is 1.85 bits per heavy atom. The largest absolute Gasteiger partial charge is 0.326 e. The van der Waals surface area contributed by atoms with Gasteiger partial charge in [0.15, 0.2) is 0 Å². The Morgan fingerprint density at radius 1 is 1.15 bits per heavy atom. The van der Waals surface area contributed by atoms with Crippen LogP contribution in [0, 0.1) is 5.92 Å². The first-order chi connectivity index (χ1) is 9.56. The van der Waals surface area contributed by atoms with E-state index in [0.29, 0.717) is 5.91 Å². The molecule has 2 unspecified atom stereocenters. The Labute approximate surface area is 125 Å². The van der Waals surface area contributed by atoms with E-state index in [4.69, 9.17) is 0 Å². The van der Waals surface area contributed by atoms with Gasteiger partial charge in [-0.25, -0.2) is 0 Å². The van der Waals surface area contributed by atoms with Crippen LogP contribution in [0.4, 0.5) is 0 Å². The molecule has 1 saturated heterocycles. The molecule has 1 fully saturated rings.